The molecule has 3 rings (SSSR count). The lowest BCUT2D eigenvalue weighted by Gasteiger charge is -2.36. The minimum Gasteiger partial charge on any atom is -0.450 e. The van der Waals surface area contributed by atoms with Gasteiger partial charge in [0.15, 0.2) is 0 Å². The van der Waals surface area contributed by atoms with Gasteiger partial charge in [0, 0.05) is 26.2 Å². The molecule has 10 heteroatoms. The van der Waals surface area contributed by atoms with Crippen LogP contribution in [0, 0.1) is 0 Å². The van der Waals surface area contributed by atoms with Crippen LogP contribution in [0.1, 0.15) is 19.4 Å². The SMILES string of the molecule is CCOC(=O)N1CCN(C(=O)[C@H](CCSC)n2c(=O)[nH]c3ccccc3c2=O)CC1. The first-order chi connectivity index (χ1) is 14.5. The number of nitrogens with one attached hydrogen (secondary N) is 1. The lowest BCUT2D eigenvalue weighted by molar-refractivity contribution is -0.136. The molecule has 1 aliphatic heterocycles. The molecule has 0 spiro atoms. The monoisotopic (exact) mass is 434 g/mol. The first kappa shape index (κ1) is 21.9. The van der Waals surface area contributed by atoms with Crippen LogP contribution in [-0.4, -0.2) is 76.1 Å². The summed E-state index contributed by atoms with van der Waals surface area (Å²) >= 11 is 1.55. The zero-order valence-electron chi connectivity index (χ0n) is 17.1. The summed E-state index contributed by atoms with van der Waals surface area (Å²) in [5, 5.41) is 0.367. The summed E-state index contributed by atoms with van der Waals surface area (Å²) in [6.45, 7) is 3.39. The fourth-order valence-electron chi connectivity index (χ4n) is 3.59. The van der Waals surface area contributed by atoms with E-state index in [-0.39, 0.29) is 5.91 Å². The normalized spacial score (nSPS) is 15.3. The fraction of sp³-hybridized carbons (Fsp3) is 0.500. The molecule has 2 aromatic rings. The smallest absolute Gasteiger partial charge is 0.409 e. The van der Waals surface area contributed by atoms with E-state index in [2.05, 4.69) is 4.98 Å². The standard InChI is InChI=1S/C20H26N4O5S/c1-3-29-20(28)23-11-9-22(10-12-23)18(26)16(8-13-30-2)24-17(25)14-6-4-5-7-15(14)21-19(24)27/h4-7,16H,3,8-13H2,1-2H3,(H,21,27)/t16-/m0/s1. The van der Waals surface area contributed by atoms with E-state index in [0.29, 0.717) is 55.9 Å². The number of para-hydroxylation sites is 1. The fourth-order valence-corrected chi connectivity index (χ4v) is 4.05. The van der Waals surface area contributed by atoms with Gasteiger partial charge in [0.25, 0.3) is 5.56 Å². The van der Waals surface area contributed by atoms with Crippen LogP contribution in [0.4, 0.5) is 4.79 Å². The van der Waals surface area contributed by atoms with Crippen molar-refractivity contribution in [3.05, 3.63) is 45.1 Å². The van der Waals surface area contributed by atoms with Gasteiger partial charge in [0.1, 0.15) is 6.04 Å². The molecule has 0 unspecified atom stereocenters. The summed E-state index contributed by atoms with van der Waals surface area (Å²) < 4.78 is 6.05. The molecule has 1 atom stereocenters. The van der Waals surface area contributed by atoms with Crippen molar-refractivity contribution in [1.29, 1.82) is 0 Å². The third-order valence-corrected chi connectivity index (χ3v) is 5.79. The summed E-state index contributed by atoms with van der Waals surface area (Å²) in [6, 6.07) is 5.86. The van der Waals surface area contributed by atoms with Crippen LogP contribution >= 0.6 is 11.8 Å². The van der Waals surface area contributed by atoms with Gasteiger partial charge in [-0.2, -0.15) is 11.8 Å². The highest BCUT2D eigenvalue weighted by molar-refractivity contribution is 7.98. The minimum atomic E-state index is -0.896. The number of fused-ring (bicyclic) bond motifs is 1. The Morgan fingerprint density at radius 2 is 1.80 bits per heavy atom. The molecule has 1 aliphatic rings. The molecule has 1 aromatic carbocycles. The lowest BCUT2D eigenvalue weighted by atomic mass is 10.1. The van der Waals surface area contributed by atoms with Crippen molar-refractivity contribution in [3.8, 4) is 0 Å². The third-order valence-electron chi connectivity index (χ3n) is 5.15. The summed E-state index contributed by atoms with van der Waals surface area (Å²) in [6.07, 6.45) is 1.87. The molecule has 2 heterocycles. The number of aromatic amines is 1. The largest absolute Gasteiger partial charge is 0.450 e. The topological polar surface area (TPSA) is 105 Å². The summed E-state index contributed by atoms with van der Waals surface area (Å²) in [5.74, 6) is 0.341. The molecule has 162 valence electrons. The average Bonchev–Trinajstić information content (AvgIpc) is 2.75. The maximum atomic E-state index is 13.3. The van der Waals surface area contributed by atoms with E-state index in [0.717, 1.165) is 4.57 Å². The molecular formula is C20H26N4O5S. The molecule has 1 N–H and O–H groups in total. The summed E-state index contributed by atoms with van der Waals surface area (Å²) in [7, 11) is 0. The highest BCUT2D eigenvalue weighted by atomic mass is 32.2. The Balaban J connectivity index is 1.88. The van der Waals surface area contributed by atoms with E-state index in [4.69, 9.17) is 4.74 Å². The Morgan fingerprint density at radius 1 is 1.13 bits per heavy atom. The second-order valence-electron chi connectivity index (χ2n) is 6.96. The molecule has 1 fully saturated rings. The van der Waals surface area contributed by atoms with Gasteiger partial charge in [-0.15, -0.1) is 0 Å². The van der Waals surface area contributed by atoms with E-state index in [1.807, 2.05) is 6.26 Å². The number of benzene rings is 1. The zero-order valence-corrected chi connectivity index (χ0v) is 17.9. The molecule has 2 amide bonds. The van der Waals surface area contributed by atoms with Crippen LogP contribution in [0.15, 0.2) is 33.9 Å². The van der Waals surface area contributed by atoms with Crippen molar-refractivity contribution in [2.45, 2.75) is 19.4 Å². The van der Waals surface area contributed by atoms with Gasteiger partial charge in [-0.05, 0) is 37.5 Å². The molecule has 1 saturated heterocycles. The van der Waals surface area contributed by atoms with Gasteiger partial charge in [0.05, 0.1) is 17.5 Å². The van der Waals surface area contributed by atoms with E-state index in [9.17, 15) is 19.2 Å². The average molecular weight is 435 g/mol. The third kappa shape index (κ3) is 4.53. The van der Waals surface area contributed by atoms with Crippen LogP contribution < -0.4 is 11.2 Å². The van der Waals surface area contributed by atoms with Crippen LogP contribution in [-0.2, 0) is 9.53 Å². The number of rotatable bonds is 6. The Hall–Kier alpha value is -2.75. The number of aromatic nitrogens is 2. The zero-order chi connectivity index (χ0) is 21.7. The number of H-pyrrole nitrogens is 1. The molecule has 0 aliphatic carbocycles. The minimum absolute atomic E-state index is 0.282. The number of nitrogens with zero attached hydrogens (tertiary/aromatic N) is 3. The number of carbonyl (C=O) groups excluding carboxylic acids is 2. The number of hydrogen-bond donors (Lipinski definition) is 1. The first-order valence-electron chi connectivity index (χ1n) is 9.91. The van der Waals surface area contributed by atoms with Crippen molar-refractivity contribution < 1.29 is 14.3 Å². The van der Waals surface area contributed by atoms with Crippen LogP contribution in [0.2, 0.25) is 0 Å². The van der Waals surface area contributed by atoms with E-state index in [1.54, 1.807) is 52.8 Å². The molecule has 9 nitrogen and oxygen atoms in total. The van der Waals surface area contributed by atoms with Crippen molar-refractivity contribution in [3.63, 3.8) is 0 Å². The highest BCUT2D eigenvalue weighted by Gasteiger charge is 2.32. The quantitative estimate of drug-likeness (QED) is 0.735. The molecule has 0 radical (unpaired) electrons. The molecule has 30 heavy (non-hydrogen) atoms. The van der Waals surface area contributed by atoms with Crippen molar-refractivity contribution in [1.82, 2.24) is 19.4 Å². The van der Waals surface area contributed by atoms with E-state index >= 15 is 0 Å². The van der Waals surface area contributed by atoms with E-state index < -0.39 is 23.4 Å². The summed E-state index contributed by atoms with van der Waals surface area (Å²) in [4.78, 5) is 56.9. The lowest BCUT2D eigenvalue weighted by Crippen LogP contribution is -2.54. The Morgan fingerprint density at radius 3 is 2.47 bits per heavy atom. The highest BCUT2D eigenvalue weighted by Crippen LogP contribution is 2.17. The predicted molar refractivity (Wildman–Crippen MR) is 116 cm³/mol. The molecular weight excluding hydrogens is 408 g/mol. The van der Waals surface area contributed by atoms with Gasteiger partial charge in [0.2, 0.25) is 5.91 Å². The van der Waals surface area contributed by atoms with Gasteiger partial charge in [-0.1, -0.05) is 12.1 Å². The van der Waals surface area contributed by atoms with Crippen LogP contribution in [0.3, 0.4) is 0 Å². The Kier molecular flexibility index (Phi) is 7.20. The maximum Gasteiger partial charge on any atom is 0.409 e. The second-order valence-corrected chi connectivity index (χ2v) is 7.95. The Bertz CT molecular complexity index is 1030. The van der Waals surface area contributed by atoms with Crippen molar-refractivity contribution in [2.24, 2.45) is 0 Å². The van der Waals surface area contributed by atoms with Gasteiger partial charge >= 0.3 is 11.8 Å². The summed E-state index contributed by atoms with van der Waals surface area (Å²) in [5.41, 5.74) is -0.620. The number of piperazine rings is 1. The number of amides is 2. The van der Waals surface area contributed by atoms with Crippen molar-refractivity contribution in [2.75, 3.05) is 44.8 Å². The molecule has 0 bridgehead atoms. The first-order valence-corrected chi connectivity index (χ1v) is 11.3. The number of hydrogen-bond acceptors (Lipinski definition) is 6. The Labute approximate surface area is 178 Å². The number of ether oxygens (including phenoxy) is 1. The van der Waals surface area contributed by atoms with Crippen LogP contribution in [0.5, 0.6) is 0 Å². The van der Waals surface area contributed by atoms with Gasteiger partial charge < -0.3 is 19.5 Å². The van der Waals surface area contributed by atoms with Crippen LogP contribution in [0.25, 0.3) is 10.9 Å². The van der Waals surface area contributed by atoms with E-state index in [1.165, 1.54) is 0 Å². The van der Waals surface area contributed by atoms with Gasteiger partial charge in [-0.25, -0.2) is 14.2 Å². The molecule has 0 saturated carbocycles. The number of thioether (sulfide) groups is 1. The van der Waals surface area contributed by atoms with Crippen molar-refractivity contribution >= 4 is 34.7 Å². The second kappa shape index (κ2) is 9.84. The van der Waals surface area contributed by atoms with Gasteiger partial charge in [-0.3, -0.25) is 9.59 Å². The maximum absolute atomic E-state index is 13.3. The molecule has 1 aromatic heterocycles. The predicted octanol–water partition coefficient (Wildman–Crippen LogP) is 1.28. The number of carbonyl (C=O) groups is 2.